The lowest BCUT2D eigenvalue weighted by molar-refractivity contribution is 0.0593. The van der Waals surface area contributed by atoms with Crippen molar-refractivity contribution in [2.75, 3.05) is 7.11 Å². The van der Waals surface area contributed by atoms with E-state index in [0.717, 1.165) is 22.4 Å². The fraction of sp³-hybridized carbons (Fsp3) is 0.0870. The molecule has 0 fully saturated rings. The molecule has 0 amide bonds. The molecule has 1 N–H and O–H groups in total. The number of fused-ring (bicyclic) bond motifs is 4. The van der Waals surface area contributed by atoms with E-state index in [9.17, 15) is 14.4 Å². The van der Waals surface area contributed by atoms with Crippen molar-refractivity contribution in [3.8, 4) is 11.4 Å². The molecule has 0 atom stereocenters. The van der Waals surface area contributed by atoms with E-state index in [1.165, 1.54) is 13.2 Å². The fourth-order valence-corrected chi connectivity index (χ4v) is 4.03. The lowest BCUT2D eigenvalue weighted by atomic mass is 9.96. The molecule has 10 heteroatoms. The first-order chi connectivity index (χ1) is 15.9. The van der Waals surface area contributed by atoms with Crippen LogP contribution in [0.1, 0.15) is 36.9 Å². The first kappa shape index (κ1) is 20.1. The van der Waals surface area contributed by atoms with Gasteiger partial charge in [0.2, 0.25) is 5.78 Å². The number of ketones is 2. The standard InChI is InChI=1S/C23H14N6O4/c1-10-17-11-5-3-4-6-13(11)25-21(17)20(27-18(10)23(32)33-2)14-8-7-12-16(30)9-15(28-29-24)22(31)19(12)26-14/h3-9,25H,1-2H3. The summed E-state index contributed by atoms with van der Waals surface area (Å²) in [7, 11) is 1.27. The van der Waals surface area contributed by atoms with E-state index in [1.54, 1.807) is 13.0 Å². The average molecular weight is 438 g/mol. The molecule has 5 rings (SSSR count). The number of nitrogens with one attached hydrogen (secondary N) is 1. The monoisotopic (exact) mass is 438 g/mol. The van der Waals surface area contributed by atoms with Gasteiger partial charge in [0.05, 0.1) is 29.6 Å². The molecule has 0 spiro atoms. The van der Waals surface area contributed by atoms with Crippen LogP contribution in [0, 0.1) is 6.92 Å². The third-order valence-electron chi connectivity index (χ3n) is 5.55. The largest absolute Gasteiger partial charge is 0.464 e. The SMILES string of the molecule is COC(=O)c1nc(-c2ccc3c(n2)C(=O)C(N=[N+]=[N-])=CC3=O)c2[nH]c3ccccc3c2c1C. The number of aromatic amines is 1. The summed E-state index contributed by atoms with van der Waals surface area (Å²) in [5.74, 6) is -1.77. The van der Waals surface area contributed by atoms with Gasteiger partial charge in [0, 0.05) is 21.2 Å². The van der Waals surface area contributed by atoms with Crippen molar-refractivity contribution in [1.29, 1.82) is 0 Å². The number of hydrogen-bond donors (Lipinski definition) is 1. The normalized spacial score (nSPS) is 13.0. The van der Waals surface area contributed by atoms with E-state index < -0.39 is 17.5 Å². The summed E-state index contributed by atoms with van der Waals surface area (Å²) in [4.78, 5) is 52.5. The highest BCUT2D eigenvalue weighted by molar-refractivity contribution is 6.24. The second kappa shape index (κ2) is 7.40. The van der Waals surface area contributed by atoms with Crippen LogP contribution in [0.5, 0.6) is 0 Å². The van der Waals surface area contributed by atoms with Crippen molar-refractivity contribution in [3.05, 3.63) is 81.1 Å². The van der Waals surface area contributed by atoms with Gasteiger partial charge in [-0.3, -0.25) is 9.59 Å². The van der Waals surface area contributed by atoms with Gasteiger partial charge < -0.3 is 9.72 Å². The Morgan fingerprint density at radius 3 is 2.67 bits per heavy atom. The maximum absolute atomic E-state index is 12.8. The molecule has 0 saturated heterocycles. The Hall–Kier alpha value is -4.82. The minimum atomic E-state index is -0.669. The Balaban J connectivity index is 1.82. The van der Waals surface area contributed by atoms with Crippen molar-refractivity contribution >= 4 is 39.3 Å². The topological polar surface area (TPSA) is 151 Å². The van der Waals surface area contributed by atoms with E-state index >= 15 is 0 Å². The number of pyridine rings is 2. The highest BCUT2D eigenvalue weighted by Crippen LogP contribution is 2.35. The molecule has 0 unspecified atom stereocenters. The maximum Gasteiger partial charge on any atom is 0.356 e. The van der Waals surface area contributed by atoms with Crippen LogP contribution in [0.2, 0.25) is 0 Å². The zero-order valence-corrected chi connectivity index (χ0v) is 17.4. The summed E-state index contributed by atoms with van der Waals surface area (Å²) in [5, 5.41) is 4.96. The van der Waals surface area contributed by atoms with Crippen LogP contribution >= 0.6 is 0 Å². The summed E-state index contributed by atoms with van der Waals surface area (Å²) >= 11 is 0. The Labute approximate surface area is 185 Å². The van der Waals surface area contributed by atoms with Crippen molar-refractivity contribution < 1.29 is 19.1 Å². The van der Waals surface area contributed by atoms with Crippen LogP contribution in [0.15, 0.2) is 53.3 Å². The number of H-pyrrole nitrogens is 1. The number of benzene rings is 1. The van der Waals surface area contributed by atoms with E-state index in [4.69, 9.17) is 10.3 Å². The molecule has 0 saturated carbocycles. The fourth-order valence-electron chi connectivity index (χ4n) is 4.03. The molecular weight excluding hydrogens is 424 g/mol. The predicted molar refractivity (Wildman–Crippen MR) is 119 cm³/mol. The van der Waals surface area contributed by atoms with E-state index in [2.05, 4.69) is 25.0 Å². The molecule has 1 aromatic carbocycles. The molecule has 0 radical (unpaired) electrons. The minimum Gasteiger partial charge on any atom is -0.464 e. The van der Waals surface area contributed by atoms with Gasteiger partial charge in [-0.2, -0.15) is 0 Å². The summed E-state index contributed by atoms with van der Waals surface area (Å²) in [5.41, 5.74) is 11.1. The number of carbonyl (C=O) groups excluding carboxylic acids is 3. The summed E-state index contributed by atoms with van der Waals surface area (Å²) in [6.45, 7) is 1.78. The number of aryl methyl sites for hydroxylation is 1. The highest BCUT2D eigenvalue weighted by Gasteiger charge is 2.28. The quantitative estimate of drug-likeness (QED) is 0.216. The average Bonchev–Trinajstić information content (AvgIpc) is 3.22. The second-order valence-electron chi connectivity index (χ2n) is 7.35. The number of ether oxygens (including phenoxy) is 1. The number of methoxy groups -OCH3 is 1. The molecule has 3 heterocycles. The van der Waals surface area contributed by atoms with Gasteiger partial charge in [0.1, 0.15) is 11.4 Å². The maximum atomic E-state index is 12.8. The Morgan fingerprint density at radius 2 is 1.91 bits per heavy atom. The van der Waals surface area contributed by atoms with E-state index in [-0.39, 0.29) is 28.3 Å². The molecule has 0 bridgehead atoms. The van der Waals surface area contributed by atoms with E-state index in [0.29, 0.717) is 16.8 Å². The number of esters is 1. The molecular formula is C23H14N6O4. The van der Waals surface area contributed by atoms with E-state index in [1.807, 2.05) is 24.3 Å². The summed E-state index contributed by atoms with van der Waals surface area (Å²) < 4.78 is 4.92. The highest BCUT2D eigenvalue weighted by atomic mass is 16.5. The number of Topliss-reactive ketones (excluding diaryl/α,β-unsaturated/α-hetero) is 1. The van der Waals surface area contributed by atoms with Gasteiger partial charge in [0.25, 0.3) is 0 Å². The van der Waals surface area contributed by atoms with Crippen LogP contribution in [-0.2, 0) is 4.74 Å². The molecule has 0 aliphatic heterocycles. The van der Waals surface area contributed by atoms with Crippen LogP contribution < -0.4 is 0 Å². The zero-order chi connectivity index (χ0) is 23.3. The number of azide groups is 1. The first-order valence-corrected chi connectivity index (χ1v) is 9.81. The first-order valence-electron chi connectivity index (χ1n) is 9.81. The third kappa shape index (κ3) is 2.97. The third-order valence-corrected chi connectivity index (χ3v) is 5.55. The minimum absolute atomic E-state index is 0.0915. The predicted octanol–water partition coefficient (Wildman–Crippen LogP) is 4.45. The van der Waals surface area contributed by atoms with Gasteiger partial charge in [-0.05, 0) is 42.3 Å². The molecule has 1 aliphatic carbocycles. The Kier molecular flexibility index (Phi) is 4.51. The zero-order valence-electron chi connectivity index (χ0n) is 17.4. The number of aromatic nitrogens is 3. The van der Waals surface area contributed by atoms with Gasteiger partial charge >= 0.3 is 5.97 Å². The number of hydrogen-bond acceptors (Lipinski definition) is 7. The number of allylic oxidation sites excluding steroid dienone is 2. The van der Waals surface area contributed by atoms with Gasteiger partial charge in [-0.15, -0.1) is 0 Å². The lowest BCUT2D eigenvalue weighted by Gasteiger charge is -2.14. The van der Waals surface area contributed by atoms with Crippen molar-refractivity contribution in [2.24, 2.45) is 5.11 Å². The van der Waals surface area contributed by atoms with Crippen LogP contribution in [0.3, 0.4) is 0 Å². The summed E-state index contributed by atoms with van der Waals surface area (Å²) in [6.07, 6.45) is 0.987. The molecule has 33 heavy (non-hydrogen) atoms. The Bertz CT molecular complexity index is 1630. The van der Waals surface area contributed by atoms with Crippen molar-refractivity contribution in [3.63, 3.8) is 0 Å². The Morgan fingerprint density at radius 1 is 1.12 bits per heavy atom. The van der Waals surface area contributed by atoms with Gasteiger partial charge in [-0.25, -0.2) is 14.8 Å². The number of rotatable bonds is 3. The number of carbonyl (C=O) groups is 3. The number of nitrogens with zero attached hydrogens (tertiary/aromatic N) is 5. The number of para-hydroxylation sites is 1. The molecule has 10 nitrogen and oxygen atoms in total. The molecule has 3 aromatic heterocycles. The summed E-state index contributed by atoms with van der Waals surface area (Å²) in [6, 6.07) is 10.6. The smallest absolute Gasteiger partial charge is 0.356 e. The second-order valence-corrected chi connectivity index (χ2v) is 7.35. The molecule has 1 aliphatic rings. The lowest BCUT2D eigenvalue weighted by Crippen LogP contribution is -2.18. The molecule has 160 valence electrons. The van der Waals surface area contributed by atoms with Crippen molar-refractivity contribution in [2.45, 2.75) is 6.92 Å². The van der Waals surface area contributed by atoms with Crippen LogP contribution in [0.25, 0.3) is 43.6 Å². The van der Waals surface area contributed by atoms with Crippen molar-refractivity contribution in [1.82, 2.24) is 15.0 Å². The van der Waals surface area contributed by atoms with Crippen LogP contribution in [0.4, 0.5) is 0 Å². The van der Waals surface area contributed by atoms with Crippen LogP contribution in [-0.4, -0.2) is 39.6 Å². The van der Waals surface area contributed by atoms with Gasteiger partial charge in [-0.1, -0.05) is 23.3 Å². The molecule has 4 aromatic rings. The van der Waals surface area contributed by atoms with Gasteiger partial charge in [0.15, 0.2) is 11.5 Å².